The first-order chi connectivity index (χ1) is 13.4. The van der Waals surface area contributed by atoms with Gasteiger partial charge < -0.3 is 5.32 Å². The summed E-state index contributed by atoms with van der Waals surface area (Å²) in [7, 11) is 0. The molecule has 0 saturated carbocycles. The van der Waals surface area contributed by atoms with Gasteiger partial charge in [-0.25, -0.2) is 9.37 Å². The number of fused-ring (bicyclic) bond motifs is 1. The molecule has 0 fully saturated rings. The highest BCUT2D eigenvalue weighted by molar-refractivity contribution is 7.15. The number of hydrogen-bond acceptors (Lipinski definition) is 5. The molecule has 0 aliphatic rings. The number of rotatable bonds is 4. The Morgan fingerprint density at radius 2 is 2.00 bits per heavy atom. The number of amides is 1. The largest absolute Gasteiger partial charge is 0.315 e. The third-order valence-electron chi connectivity index (χ3n) is 4.27. The van der Waals surface area contributed by atoms with Crippen molar-refractivity contribution in [3.8, 4) is 11.3 Å². The number of imidazole rings is 1. The molecule has 4 aromatic rings. The van der Waals surface area contributed by atoms with Crippen molar-refractivity contribution in [2.75, 3.05) is 5.32 Å². The van der Waals surface area contributed by atoms with Gasteiger partial charge in [0.15, 0.2) is 4.96 Å². The van der Waals surface area contributed by atoms with E-state index in [4.69, 9.17) is 0 Å². The molecule has 140 valence electrons. The van der Waals surface area contributed by atoms with E-state index in [2.05, 4.69) is 10.3 Å². The number of nitro groups is 1. The second kappa shape index (κ2) is 6.86. The highest BCUT2D eigenvalue weighted by atomic mass is 32.1. The maximum Gasteiger partial charge on any atom is 0.293 e. The average molecular weight is 396 g/mol. The topological polar surface area (TPSA) is 89.5 Å². The molecule has 9 heteroatoms. The van der Waals surface area contributed by atoms with E-state index in [1.807, 2.05) is 0 Å². The van der Waals surface area contributed by atoms with Crippen molar-refractivity contribution in [1.82, 2.24) is 9.38 Å². The number of nitrogens with zero attached hydrogens (tertiary/aromatic N) is 3. The lowest BCUT2D eigenvalue weighted by Crippen LogP contribution is -2.15. The van der Waals surface area contributed by atoms with Crippen molar-refractivity contribution in [3.05, 3.63) is 81.2 Å². The van der Waals surface area contributed by atoms with Crippen LogP contribution in [-0.2, 0) is 0 Å². The summed E-state index contributed by atoms with van der Waals surface area (Å²) in [4.78, 5) is 28.5. The average Bonchev–Trinajstić information content (AvgIpc) is 3.24. The Morgan fingerprint density at radius 1 is 1.25 bits per heavy atom. The maximum atomic E-state index is 13.1. The van der Waals surface area contributed by atoms with Gasteiger partial charge in [-0.15, -0.1) is 11.3 Å². The SMILES string of the molecule is Cc1cccc([N+](=O)[O-])c1NC(=O)c1csc2nc(-c3ccc(F)cc3)cn12. The quantitative estimate of drug-likeness (QED) is 0.401. The van der Waals surface area contributed by atoms with E-state index in [-0.39, 0.29) is 17.2 Å². The Balaban J connectivity index is 1.69. The van der Waals surface area contributed by atoms with Crippen LogP contribution in [0.25, 0.3) is 16.2 Å². The van der Waals surface area contributed by atoms with Crippen LogP contribution in [0.15, 0.2) is 54.0 Å². The zero-order chi connectivity index (χ0) is 19.8. The second-order valence-corrected chi connectivity index (χ2v) is 6.92. The van der Waals surface area contributed by atoms with E-state index in [0.717, 1.165) is 5.56 Å². The normalized spacial score (nSPS) is 10.9. The minimum atomic E-state index is -0.532. The number of halogens is 1. The van der Waals surface area contributed by atoms with Crippen LogP contribution in [-0.4, -0.2) is 20.2 Å². The van der Waals surface area contributed by atoms with Crippen LogP contribution in [0.4, 0.5) is 15.8 Å². The number of nitro benzene ring substituents is 1. The number of hydrogen-bond donors (Lipinski definition) is 1. The summed E-state index contributed by atoms with van der Waals surface area (Å²) in [6.45, 7) is 1.69. The van der Waals surface area contributed by atoms with Crippen molar-refractivity contribution < 1.29 is 14.1 Å². The molecule has 0 aliphatic carbocycles. The number of carbonyl (C=O) groups excluding carboxylic acids is 1. The number of aromatic nitrogens is 2. The number of anilines is 1. The Morgan fingerprint density at radius 3 is 2.71 bits per heavy atom. The summed E-state index contributed by atoms with van der Waals surface area (Å²) >= 11 is 1.27. The number of benzene rings is 2. The Labute approximate surface area is 162 Å². The van der Waals surface area contributed by atoms with Gasteiger partial charge in [0, 0.05) is 23.2 Å². The Kier molecular flexibility index (Phi) is 4.36. The molecule has 0 atom stereocenters. The first-order valence-electron chi connectivity index (χ1n) is 8.22. The van der Waals surface area contributed by atoms with Gasteiger partial charge >= 0.3 is 0 Å². The first-order valence-corrected chi connectivity index (χ1v) is 9.10. The van der Waals surface area contributed by atoms with Gasteiger partial charge in [-0.3, -0.25) is 19.3 Å². The Bertz CT molecular complexity index is 1210. The van der Waals surface area contributed by atoms with Crippen molar-refractivity contribution in [1.29, 1.82) is 0 Å². The molecule has 2 aromatic carbocycles. The predicted molar refractivity (Wildman–Crippen MR) is 104 cm³/mol. The van der Waals surface area contributed by atoms with E-state index >= 15 is 0 Å². The van der Waals surface area contributed by atoms with Crippen LogP contribution in [0.3, 0.4) is 0 Å². The molecule has 7 nitrogen and oxygen atoms in total. The number of thiazole rings is 1. The molecule has 28 heavy (non-hydrogen) atoms. The minimum absolute atomic E-state index is 0.163. The van der Waals surface area contributed by atoms with Crippen molar-refractivity contribution in [2.24, 2.45) is 0 Å². The van der Waals surface area contributed by atoms with Gasteiger partial charge in [-0.1, -0.05) is 12.1 Å². The lowest BCUT2D eigenvalue weighted by atomic mass is 10.1. The molecule has 2 heterocycles. The van der Waals surface area contributed by atoms with Gasteiger partial charge in [0.25, 0.3) is 11.6 Å². The molecule has 0 saturated heterocycles. The van der Waals surface area contributed by atoms with Crippen molar-refractivity contribution in [3.63, 3.8) is 0 Å². The zero-order valence-electron chi connectivity index (χ0n) is 14.5. The third kappa shape index (κ3) is 3.12. The van der Waals surface area contributed by atoms with Crippen LogP contribution < -0.4 is 5.32 Å². The van der Waals surface area contributed by atoms with E-state index < -0.39 is 10.8 Å². The minimum Gasteiger partial charge on any atom is -0.315 e. The van der Waals surface area contributed by atoms with E-state index in [9.17, 15) is 19.3 Å². The summed E-state index contributed by atoms with van der Waals surface area (Å²) in [5.41, 5.74) is 2.21. The van der Waals surface area contributed by atoms with Crippen LogP contribution in [0.1, 0.15) is 16.1 Å². The summed E-state index contributed by atoms with van der Waals surface area (Å²) in [6, 6.07) is 10.5. The smallest absolute Gasteiger partial charge is 0.293 e. The van der Waals surface area contributed by atoms with Crippen LogP contribution in [0, 0.1) is 22.9 Å². The molecule has 4 rings (SSSR count). The lowest BCUT2D eigenvalue weighted by molar-refractivity contribution is -0.384. The monoisotopic (exact) mass is 396 g/mol. The highest BCUT2D eigenvalue weighted by Gasteiger charge is 2.21. The van der Waals surface area contributed by atoms with E-state index in [0.29, 0.717) is 21.9 Å². The van der Waals surface area contributed by atoms with Gasteiger partial charge in [-0.2, -0.15) is 0 Å². The second-order valence-electron chi connectivity index (χ2n) is 6.09. The fraction of sp³-hybridized carbons (Fsp3) is 0.0526. The highest BCUT2D eigenvalue weighted by Crippen LogP contribution is 2.29. The van der Waals surface area contributed by atoms with Gasteiger partial charge in [0.05, 0.1) is 10.6 Å². The summed E-state index contributed by atoms with van der Waals surface area (Å²) in [5, 5.41) is 15.5. The first kappa shape index (κ1) is 17.8. The fourth-order valence-electron chi connectivity index (χ4n) is 2.85. The summed E-state index contributed by atoms with van der Waals surface area (Å²) < 4.78 is 14.7. The van der Waals surface area contributed by atoms with Crippen molar-refractivity contribution in [2.45, 2.75) is 6.92 Å². The molecule has 1 N–H and O–H groups in total. The Hall–Kier alpha value is -3.59. The van der Waals surface area contributed by atoms with E-state index in [1.165, 1.54) is 29.5 Å². The number of nitrogens with one attached hydrogen (secondary N) is 1. The molecule has 0 unspecified atom stereocenters. The summed E-state index contributed by atoms with van der Waals surface area (Å²) in [6.07, 6.45) is 1.68. The standard InChI is InChI=1S/C19H13FN4O3S/c1-11-3-2-4-15(24(26)27)17(11)22-18(25)16-10-28-19-21-14(9-23(16)19)12-5-7-13(20)8-6-12/h2-10H,1H3,(H,22,25). The maximum absolute atomic E-state index is 13.1. The van der Waals surface area contributed by atoms with Crippen LogP contribution in [0.2, 0.25) is 0 Å². The van der Waals surface area contributed by atoms with Crippen molar-refractivity contribution >= 4 is 33.6 Å². The number of carbonyl (C=O) groups is 1. The third-order valence-corrected chi connectivity index (χ3v) is 5.11. The molecular formula is C19H13FN4O3S. The fourth-order valence-corrected chi connectivity index (χ4v) is 3.70. The number of para-hydroxylation sites is 1. The van der Waals surface area contributed by atoms with Gasteiger partial charge in [0.1, 0.15) is 17.2 Å². The van der Waals surface area contributed by atoms with Crippen LogP contribution >= 0.6 is 11.3 Å². The molecule has 0 aliphatic heterocycles. The molecule has 2 aromatic heterocycles. The van der Waals surface area contributed by atoms with Gasteiger partial charge in [0.2, 0.25) is 0 Å². The molecule has 0 radical (unpaired) electrons. The van der Waals surface area contributed by atoms with Crippen LogP contribution in [0.5, 0.6) is 0 Å². The molecule has 0 spiro atoms. The predicted octanol–water partition coefficient (Wildman–Crippen LogP) is 4.67. The molecule has 1 amide bonds. The lowest BCUT2D eigenvalue weighted by Gasteiger charge is -2.08. The molecular weight excluding hydrogens is 383 g/mol. The van der Waals surface area contributed by atoms with E-state index in [1.54, 1.807) is 47.2 Å². The summed E-state index contributed by atoms with van der Waals surface area (Å²) in [5.74, 6) is -0.823. The van der Waals surface area contributed by atoms with Gasteiger partial charge in [-0.05, 0) is 36.8 Å². The zero-order valence-corrected chi connectivity index (χ0v) is 15.4. The number of aryl methyl sites for hydroxylation is 1. The molecule has 0 bridgehead atoms.